The number of carboxylic acid groups (broad SMARTS) is 2. The van der Waals surface area contributed by atoms with Gasteiger partial charge in [-0.3, -0.25) is 0 Å². The fraction of sp³-hybridized carbons (Fsp3) is 0.500. The predicted octanol–water partition coefficient (Wildman–Crippen LogP) is 3.62. The summed E-state index contributed by atoms with van der Waals surface area (Å²) in [4.78, 5) is 17.6. The minimum atomic E-state index is -5.19. The second-order valence-electron chi connectivity index (χ2n) is 11.6. The number of methoxy groups -OCH3 is 2. The predicted molar refractivity (Wildman–Crippen MR) is 159 cm³/mol. The monoisotopic (exact) mass is 690 g/mol. The Morgan fingerprint density at radius 1 is 0.745 bits per heavy atom. The zero-order chi connectivity index (χ0) is 34.9. The molecular formula is C32H36F6N2O6S. The molecule has 2 spiro atoms. The van der Waals surface area contributed by atoms with E-state index in [0.717, 1.165) is 31.1 Å². The van der Waals surface area contributed by atoms with Crippen LogP contribution in [0.3, 0.4) is 0 Å². The third-order valence-electron chi connectivity index (χ3n) is 7.89. The maximum absolute atomic E-state index is 10.5. The number of thioether (sulfide) groups is 1. The minimum absolute atomic E-state index is 0.296. The van der Waals surface area contributed by atoms with E-state index < -0.39 is 24.3 Å². The number of halogens is 6. The van der Waals surface area contributed by atoms with Crippen molar-refractivity contribution < 1.29 is 64.8 Å². The van der Waals surface area contributed by atoms with Gasteiger partial charge in [0, 0.05) is 29.7 Å². The van der Waals surface area contributed by atoms with Crippen molar-refractivity contribution >= 4 is 36.1 Å². The first-order valence-electron chi connectivity index (χ1n) is 14.6. The van der Waals surface area contributed by atoms with Crippen LogP contribution in [-0.2, 0) is 22.7 Å². The summed E-state index contributed by atoms with van der Waals surface area (Å²) in [6.45, 7) is 4.32. The van der Waals surface area contributed by atoms with Crippen molar-refractivity contribution in [3.63, 3.8) is 0 Å². The maximum Gasteiger partial charge on any atom is 0.430 e. The van der Waals surface area contributed by atoms with E-state index in [4.69, 9.17) is 29.3 Å². The number of carbonyl (C=O) groups is 2. The van der Waals surface area contributed by atoms with Gasteiger partial charge >= 0.3 is 12.4 Å². The first-order valence-corrected chi connectivity index (χ1v) is 15.6. The molecule has 5 rings (SSSR count). The van der Waals surface area contributed by atoms with Gasteiger partial charge in [-0.1, -0.05) is 0 Å². The number of hydrogen-bond acceptors (Lipinski definition) is 7. The number of aliphatic carboxylic acids is 2. The summed E-state index contributed by atoms with van der Waals surface area (Å²) in [5, 5.41) is 17.6. The fourth-order valence-corrected chi connectivity index (χ4v) is 7.64. The van der Waals surface area contributed by atoms with Gasteiger partial charge in [-0.05, 0) is 67.8 Å². The zero-order valence-corrected chi connectivity index (χ0v) is 26.7. The van der Waals surface area contributed by atoms with Crippen LogP contribution in [0.4, 0.5) is 26.3 Å². The third kappa shape index (κ3) is 11.5. The number of nitrogens with zero attached hydrogens (tertiary/aromatic N) is 2. The highest BCUT2D eigenvalue weighted by Crippen LogP contribution is 2.52. The number of carbonyl (C=O) groups excluding carboxylic acids is 2. The molecule has 1 fully saturated rings. The second-order valence-corrected chi connectivity index (χ2v) is 13.0. The topological polar surface area (TPSA) is 105 Å². The summed E-state index contributed by atoms with van der Waals surface area (Å²) >= 11 is 2.21. The molecule has 0 saturated carbocycles. The highest BCUT2D eigenvalue weighted by molar-refractivity contribution is 8.01. The van der Waals surface area contributed by atoms with E-state index in [2.05, 4.69) is 81.9 Å². The summed E-state index contributed by atoms with van der Waals surface area (Å²) < 4.78 is 79.2. The number of rotatable bonds is 6. The standard InChI is InChI=1S/C28H36N2O2S.2C2HF3O2/c1-31-25-9-5-23(6-10-25)17-29-15-3-13-27(20-29)19-28(33-22-27)14-4-16-30(21-28)18-24-7-11-26(32-2)12-8-24;2*3-2(4,5)1(6)7/h5-12,20-21H,3-4,13-19,22H2,1-2H3;2*(H,6,7)/q+2;;/p-2. The van der Waals surface area contributed by atoms with Crippen LogP contribution < -0.4 is 19.7 Å². The molecule has 3 aliphatic heterocycles. The van der Waals surface area contributed by atoms with Crippen molar-refractivity contribution in [3.05, 3.63) is 59.7 Å². The zero-order valence-electron chi connectivity index (χ0n) is 25.9. The van der Waals surface area contributed by atoms with Crippen LogP contribution in [0.15, 0.2) is 48.5 Å². The Bertz CT molecular complexity index is 1320. The number of benzene rings is 2. The lowest BCUT2D eigenvalue weighted by molar-refractivity contribution is -0.548. The largest absolute Gasteiger partial charge is 0.542 e. The summed E-state index contributed by atoms with van der Waals surface area (Å²) in [5.41, 5.74) is 3.06. The van der Waals surface area contributed by atoms with Gasteiger partial charge in [0.25, 0.3) is 0 Å². The van der Waals surface area contributed by atoms with E-state index in [1.54, 1.807) is 14.2 Å². The molecule has 2 atom stereocenters. The SMILES string of the molecule is COc1ccc(C[N+]2=CC3(CCC2)CSC2(C=[N+](Cc4ccc(OC)cc4)CCC2)C3)cc1.O=C([O-])C(F)(F)F.O=C([O-])C(F)(F)F. The Balaban J connectivity index is 0.000000360. The molecule has 2 aromatic rings. The molecular weight excluding hydrogens is 654 g/mol. The van der Waals surface area contributed by atoms with Gasteiger partial charge < -0.3 is 29.3 Å². The average molecular weight is 691 g/mol. The van der Waals surface area contributed by atoms with E-state index >= 15 is 0 Å². The summed E-state index contributed by atoms with van der Waals surface area (Å²) in [7, 11) is 3.45. The lowest BCUT2D eigenvalue weighted by atomic mass is 9.75. The Hall–Kier alpha value is -3.75. The fourth-order valence-electron chi connectivity index (χ4n) is 5.85. The molecule has 0 aliphatic carbocycles. The molecule has 0 N–H and O–H groups in total. The van der Waals surface area contributed by atoms with Gasteiger partial charge in [0.05, 0.1) is 24.4 Å². The molecule has 3 aliphatic rings. The smallest absolute Gasteiger partial charge is 0.430 e. The lowest BCUT2D eigenvalue weighted by Crippen LogP contribution is -2.40. The third-order valence-corrected chi connectivity index (χ3v) is 9.64. The second kappa shape index (κ2) is 15.9. The Kier molecular flexibility index (Phi) is 12.8. The molecule has 0 amide bonds. The maximum atomic E-state index is 10.5. The molecule has 2 aromatic carbocycles. The first-order chi connectivity index (χ1) is 22.0. The Morgan fingerprint density at radius 3 is 1.55 bits per heavy atom. The van der Waals surface area contributed by atoms with Crippen LogP contribution in [0.25, 0.3) is 0 Å². The van der Waals surface area contributed by atoms with Gasteiger partial charge in [-0.15, -0.1) is 11.8 Å². The van der Waals surface area contributed by atoms with E-state index in [-0.39, 0.29) is 0 Å². The van der Waals surface area contributed by atoms with E-state index in [9.17, 15) is 26.3 Å². The van der Waals surface area contributed by atoms with Crippen molar-refractivity contribution in [1.29, 1.82) is 0 Å². The normalized spacial score (nSPS) is 22.2. The number of ether oxygens (including phenoxy) is 2. The van der Waals surface area contributed by atoms with E-state index in [1.807, 2.05) is 0 Å². The number of carboxylic acids is 2. The van der Waals surface area contributed by atoms with Gasteiger partial charge in [0.1, 0.15) is 42.7 Å². The van der Waals surface area contributed by atoms with Gasteiger partial charge in [0.15, 0.2) is 19.3 Å². The van der Waals surface area contributed by atoms with Gasteiger partial charge in [-0.25, -0.2) is 9.15 Å². The molecule has 8 nitrogen and oxygen atoms in total. The van der Waals surface area contributed by atoms with Crippen molar-refractivity contribution in [2.45, 2.75) is 62.3 Å². The molecule has 258 valence electrons. The first kappa shape index (κ1) is 37.7. The average Bonchev–Trinajstić information content (AvgIpc) is 3.33. The lowest BCUT2D eigenvalue weighted by Gasteiger charge is -2.30. The Labute approximate surface area is 272 Å². The molecule has 1 saturated heterocycles. The number of alkyl halides is 6. The molecule has 0 aromatic heterocycles. The highest BCUT2D eigenvalue weighted by atomic mass is 32.2. The highest BCUT2D eigenvalue weighted by Gasteiger charge is 2.53. The van der Waals surface area contributed by atoms with Crippen LogP contribution in [-0.4, -0.2) is 83.7 Å². The minimum Gasteiger partial charge on any atom is -0.542 e. The molecule has 0 radical (unpaired) electrons. The van der Waals surface area contributed by atoms with Crippen LogP contribution in [0.2, 0.25) is 0 Å². The molecule has 0 bridgehead atoms. The Morgan fingerprint density at radius 2 is 1.15 bits per heavy atom. The van der Waals surface area contributed by atoms with E-state index in [0.29, 0.717) is 10.2 Å². The molecule has 3 heterocycles. The summed E-state index contributed by atoms with van der Waals surface area (Å²) in [5.74, 6) is -2.91. The van der Waals surface area contributed by atoms with Crippen LogP contribution in [0.5, 0.6) is 11.5 Å². The molecule has 47 heavy (non-hydrogen) atoms. The van der Waals surface area contributed by atoms with Crippen LogP contribution in [0.1, 0.15) is 43.2 Å². The van der Waals surface area contributed by atoms with E-state index in [1.165, 1.54) is 55.5 Å². The van der Waals surface area contributed by atoms with Crippen molar-refractivity contribution in [2.75, 3.05) is 33.1 Å². The molecule has 15 heteroatoms. The van der Waals surface area contributed by atoms with Gasteiger partial charge in [-0.2, -0.15) is 26.3 Å². The molecule has 2 unspecified atom stereocenters. The van der Waals surface area contributed by atoms with Gasteiger partial charge in [0.2, 0.25) is 0 Å². The summed E-state index contributed by atoms with van der Waals surface area (Å²) in [6, 6.07) is 17.1. The van der Waals surface area contributed by atoms with Crippen molar-refractivity contribution in [2.24, 2.45) is 5.41 Å². The quantitative estimate of drug-likeness (QED) is 0.337. The van der Waals surface area contributed by atoms with Crippen molar-refractivity contribution in [3.8, 4) is 11.5 Å². The summed E-state index contributed by atoms with van der Waals surface area (Å²) in [6.07, 6.45) is 1.31. The van der Waals surface area contributed by atoms with Crippen molar-refractivity contribution in [1.82, 2.24) is 0 Å². The van der Waals surface area contributed by atoms with Crippen LogP contribution >= 0.6 is 11.8 Å². The number of hydrogen-bond donors (Lipinski definition) is 0. The van der Waals surface area contributed by atoms with Crippen LogP contribution in [0, 0.1) is 5.41 Å².